The van der Waals surface area contributed by atoms with Crippen molar-refractivity contribution in [3.8, 4) is 5.75 Å². The zero-order chi connectivity index (χ0) is 11.2. The molecule has 2 heteroatoms. The summed E-state index contributed by atoms with van der Waals surface area (Å²) >= 11 is 0. The number of carbonyl (C=O) groups excluding carboxylic acids is 1. The fraction of sp³-hybridized carbons (Fsp3) is 0.500. The summed E-state index contributed by atoms with van der Waals surface area (Å²) in [7, 11) is 0. The molecule has 0 radical (unpaired) electrons. The minimum Gasteiger partial charge on any atom is -0.426 e. The van der Waals surface area contributed by atoms with Crippen LogP contribution in [0.25, 0.3) is 0 Å². The fourth-order valence-corrected chi connectivity index (χ4v) is 3.19. The Morgan fingerprint density at radius 2 is 1.94 bits per heavy atom. The van der Waals surface area contributed by atoms with E-state index in [0.29, 0.717) is 5.92 Å². The van der Waals surface area contributed by atoms with E-state index in [2.05, 4.69) is 6.92 Å². The molecule has 0 bridgehead atoms. The third-order valence-electron chi connectivity index (χ3n) is 4.24. The average molecular weight is 216 g/mol. The lowest BCUT2D eigenvalue weighted by molar-refractivity contribution is -0.139. The average Bonchev–Trinajstić information content (AvgIpc) is 2.89. The first-order chi connectivity index (χ1) is 7.73. The van der Waals surface area contributed by atoms with Gasteiger partial charge >= 0.3 is 5.97 Å². The van der Waals surface area contributed by atoms with Crippen molar-refractivity contribution in [2.45, 2.75) is 38.0 Å². The molecule has 16 heavy (non-hydrogen) atoms. The Hall–Kier alpha value is -1.31. The normalized spacial score (nSPS) is 29.2. The van der Waals surface area contributed by atoms with Crippen molar-refractivity contribution in [1.82, 2.24) is 0 Å². The molecule has 0 spiro atoms. The molecule has 1 aliphatic heterocycles. The van der Waals surface area contributed by atoms with E-state index >= 15 is 0 Å². The van der Waals surface area contributed by atoms with Gasteiger partial charge in [-0.3, -0.25) is 4.79 Å². The van der Waals surface area contributed by atoms with E-state index in [0.717, 1.165) is 24.2 Å². The quantitative estimate of drug-likeness (QED) is 0.532. The van der Waals surface area contributed by atoms with Gasteiger partial charge in [0.15, 0.2) is 0 Å². The molecular formula is C14H16O2. The van der Waals surface area contributed by atoms with Crippen molar-refractivity contribution in [2.24, 2.45) is 5.92 Å². The minimum atomic E-state index is -0.396. The number of fused-ring (bicyclic) bond motifs is 1. The molecule has 1 fully saturated rings. The molecule has 84 valence electrons. The third-order valence-corrected chi connectivity index (χ3v) is 4.24. The summed E-state index contributed by atoms with van der Waals surface area (Å²) in [5.41, 5.74) is 0.694. The highest BCUT2D eigenvalue weighted by molar-refractivity contribution is 5.90. The lowest BCUT2D eigenvalue weighted by atomic mass is 9.72. The molecule has 1 atom stereocenters. The number of para-hydroxylation sites is 1. The summed E-state index contributed by atoms with van der Waals surface area (Å²) in [6, 6.07) is 7.85. The predicted molar refractivity (Wildman–Crippen MR) is 61.4 cm³/mol. The van der Waals surface area contributed by atoms with E-state index < -0.39 is 5.41 Å². The van der Waals surface area contributed by atoms with Crippen molar-refractivity contribution >= 4 is 5.97 Å². The van der Waals surface area contributed by atoms with Gasteiger partial charge < -0.3 is 4.74 Å². The summed E-state index contributed by atoms with van der Waals surface area (Å²) in [5.74, 6) is 1.17. The van der Waals surface area contributed by atoms with Gasteiger partial charge in [0.1, 0.15) is 5.75 Å². The van der Waals surface area contributed by atoms with E-state index in [1.807, 2.05) is 24.3 Å². The Labute approximate surface area is 95.6 Å². The van der Waals surface area contributed by atoms with Crippen LogP contribution in [0.1, 0.15) is 38.2 Å². The number of benzene rings is 1. The molecule has 0 amide bonds. The standard InChI is InChI=1S/C14H16O2/c1-14(10-6-2-3-7-10)11-8-4-5-9-12(11)16-13(14)15/h4-5,8-10H,2-3,6-7H2,1H3. The smallest absolute Gasteiger partial charge is 0.322 e. The van der Waals surface area contributed by atoms with Crippen LogP contribution in [0, 0.1) is 5.92 Å². The molecular weight excluding hydrogens is 200 g/mol. The molecule has 2 aliphatic rings. The van der Waals surface area contributed by atoms with Crippen LogP contribution in [0.2, 0.25) is 0 Å². The monoisotopic (exact) mass is 216 g/mol. The molecule has 0 aromatic heterocycles. The number of ether oxygens (including phenoxy) is 1. The van der Waals surface area contributed by atoms with Crippen LogP contribution in [-0.2, 0) is 10.2 Å². The van der Waals surface area contributed by atoms with Crippen LogP contribution < -0.4 is 4.74 Å². The first-order valence-electron chi connectivity index (χ1n) is 6.04. The van der Waals surface area contributed by atoms with Crippen LogP contribution in [0.4, 0.5) is 0 Å². The van der Waals surface area contributed by atoms with Crippen molar-refractivity contribution in [1.29, 1.82) is 0 Å². The van der Waals surface area contributed by atoms with Crippen LogP contribution in [0.3, 0.4) is 0 Å². The number of rotatable bonds is 1. The van der Waals surface area contributed by atoms with Crippen molar-refractivity contribution in [3.63, 3.8) is 0 Å². The lowest BCUT2D eigenvalue weighted by Crippen LogP contribution is -2.37. The lowest BCUT2D eigenvalue weighted by Gasteiger charge is -2.27. The predicted octanol–water partition coefficient (Wildman–Crippen LogP) is 3.05. The van der Waals surface area contributed by atoms with Gasteiger partial charge in [0.05, 0.1) is 5.41 Å². The van der Waals surface area contributed by atoms with Gasteiger partial charge in [0.2, 0.25) is 0 Å². The second kappa shape index (κ2) is 3.34. The maximum Gasteiger partial charge on any atom is 0.322 e. The Bertz CT molecular complexity index is 432. The largest absolute Gasteiger partial charge is 0.426 e. The molecule has 1 unspecified atom stereocenters. The summed E-state index contributed by atoms with van der Waals surface area (Å²) < 4.78 is 5.40. The van der Waals surface area contributed by atoms with E-state index in [9.17, 15) is 4.79 Å². The maximum absolute atomic E-state index is 12.1. The van der Waals surface area contributed by atoms with Gasteiger partial charge in [0, 0.05) is 5.56 Å². The van der Waals surface area contributed by atoms with Crippen molar-refractivity contribution < 1.29 is 9.53 Å². The van der Waals surface area contributed by atoms with Gasteiger partial charge in [-0.05, 0) is 31.7 Å². The highest BCUT2D eigenvalue weighted by atomic mass is 16.5. The zero-order valence-corrected chi connectivity index (χ0v) is 9.53. The highest BCUT2D eigenvalue weighted by Crippen LogP contribution is 2.49. The summed E-state index contributed by atoms with van der Waals surface area (Å²) in [5, 5.41) is 0. The number of hydrogen-bond donors (Lipinski definition) is 0. The highest BCUT2D eigenvalue weighted by Gasteiger charge is 2.50. The van der Waals surface area contributed by atoms with Crippen molar-refractivity contribution in [3.05, 3.63) is 29.8 Å². The topological polar surface area (TPSA) is 26.3 Å². The maximum atomic E-state index is 12.1. The molecule has 1 aliphatic carbocycles. The van der Waals surface area contributed by atoms with Crippen LogP contribution in [0.15, 0.2) is 24.3 Å². The molecule has 1 saturated carbocycles. The molecule has 1 heterocycles. The SMILES string of the molecule is CC1(C2CCCC2)C(=O)Oc2ccccc21. The second-order valence-corrected chi connectivity index (χ2v) is 5.07. The van der Waals surface area contributed by atoms with Crippen LogP contribution >= 0.6 is 0 Å². The summed E-state index contributed by atoms with van der Waals surface area (Å²) in [6.07, 6.45) is 4.80. The minimum absolute atomic E-state index is 0.0550. The Morgan fingerprint density at radius 3 is 2.69 bits per heavy atom. The molecule has 1 aromatic carbocycles. The Balaban J connectivity index is 2.09. The Morgan fingerprint density at radius 1 is 1.25 bits per heavy atom. The Kier molecular flexibility index (Phi) is 2.06. The molecule has 0 N–H and O–H groups in total. The van der Waals surface area contributed by atoms with E-state index in [4.69, 9.17) is 4.74 Å². The van der Waals surface area contributed by atoms with Gasteiger partial charge in [-0.15, -0.1) is 0 Å². The molecule has 1 aromatic rings. The van der Waals surface area contributed by atoms with Gasteiger partial charge in [-0.2, -0.15) is 0 Å². The fourth-order valence-electron chi connectivity index (χ4n) is 3.19. The van der Waals surface area contributed by atoms with Crippen LogP contribution in [-0.4, -0.2) is 5.97 Å². The van der Waals surface area contributed by atoms with Gasteiger partial charge in [-0.25, -0.2) is 0 Å². The van der Waals surface area contributed by atoms with Gasteiger partial charge in [0.25, 0.3) is 0 Å². The number of carbonyl (C=O) groups is 1. The van der Waals surface area contributed by atoms with E-state index in [-0.39, 0.29) is 5.97 Å². The summed E-state index contributed by atoms with van der Waals surface area (Å²) in [4.78, 5) is 12.1. The first kappa shape index (κ1) is 9.88. The number of hydrogen-bond acceptors (Lipinski definition) is 2. The van der Waals surface area contributed by atoms with Gasteiger partial charge in [-0.1, -0.05) is 31.0 Å². The van der Waals surface area contributed by atoms with Crippen molar-refractivity contribution in [2.75, 3.05) is 0 Å². The number of esters is 1. The zero-order valence-electron chi connectivity index (χ0n) is 9.53. The first-order valence-corrected chi connectivity index (χ1v) is 6.04. The molecule has 3 rings (SSSR count). The van der Waals surface area contributed by atoms with Crippen LogP contribution in [0.5, 0.6) is 5.75 Å². The van der Waals surface area contributed by atoms with E-state index in [1.54, 1.807) is 0 Å². The third kappa shape index (κ3) is 1.16. The molecule has 0 saturated heterocycles. The summed E-state index contributed by atoms with van der Waals surface area (Å²) in [6.45, 7) is 2.05. The van der Waals surface area contributed by atoms with E-state index in [1.165, 1.54) is 12.8 Å². The second-order valence-electron chi connectivity index (χ2n) is 5.07. The molecule has 2 nitrogen and oxygen atoms in total.